The normalized spacial score (nSPS) is 39.4. The highest BCUT2D eigenvalue weighted by atomic mass is 16.5. The van der Waals surface area contributed by atoms with Crippen molar-refractivity contribution in [2.45, 2.75) is 51.2 Å². The number of carbonyl (C=O) groups excluding carboxylic acids is 1. The topological polar surface area (TPSA) is 63.2 Å². The molecule has 5 unspecified atom stereocenters. The Labute approximate surface area is 150 Å². The van der Waals surface area contributed by atoms with Crippen LogP contribution in [0.3, 0.4) is 0 Å². The van der Waals surface area contributed by atoms with Gasteiger partial charge in [0.05, 0.1) is 19.1 Å². The van der Waals surface area contributed by atoms with Crippen molar-refractivity contribution in [3.8, 4) is 0 Å². The zero-order valence-corrected chi connectivity index (χ0v) is 15.7. The lowest BCUT2D eigenvalue weighted by molar-refractivity contribution is -0.146. The zero-order chi connectivity index (χ0) is 17.6. The smallest absolute Gasteiger partial charge is 0.310 e. The highest BCUT2D eigenvalue weighted by Crippen LogP contribution is 2.60. The fraction of sp³-hybridized carbons (Fsp3) is 0.895. The van der Waals surface area contributed by atoms with E-state index in [1.165, 1.54) is 32.8 Å². The van der Waals surface area contributed by atoms with E-state index in [-0.39, 0.29) is 17.8 Å². The van der Waals surface area contributed by atoms with Crippen molar-refractivity contribution in [2.75, 3.05) is 33.9 Å². The van der Waals surface area contributed by atoms with Crippen LogP contribution in [0.5, 0.6) is 0 Å². The lowest BCUT2D eigenvalue weighted by atomic mass is 9.54. The first-order valence-electron chi connectivity index (χ1n) is 9.78. The Kier molecular flexibility index (Phi) is 4.42. The molecule has 4 rings (SSSR count). The van der Waals surface area contributed by atoms with E-state index in [2.05, 4.69) is 22.1 Å². The van der Waals surface area contributed by atoms with Gasteiger partial charge in [0.15, 0.2) is 5.96 Å². The summed E-state index contributed by atoms with van der Waals surface area (Å²) >= 11 is 0. The standard InChI is InChI=1S/C19H31N3O3/c1-12-10-22(11-14(12)17(23)24-3)18(20-2)21-15-13-6-9-25-16(13)19(15)7-4-5-8-19/h12-16H,4-11H2,1-3H3,(H,20,21). The van der Waals surface area contributed by atoms with Crippen LogP contribution in [-0.2, 0) is 14.3 Å². The van der Waals surface area contributed by atoms with E-state index >= 15 is 0 Å². The quantitative estimate of drug-likeness (QED) is 0.467. The molecule has 2 saturated heterocycles. The van der Waals surface area contributed by atoms with Crippen LogP contribution in [0.2, 0.25) is 0 Å². The van der Waals surface area contributed by atoms with Crippen molar-refractivity contribution in [2.24, 2.45) is 28.2 Å². The third-order valence-corrected chi connectivity index (χ3v) is 7.20. The fourth-order valence-corrected chi connectivity index (χ4v) is 5.94. The molecule has 2 saturated carbocycles. The predicted molar refractivity (Wildman–Crippen MR) is 95.3 cm³/mol. The molecule has 25 heavy (non-hydrogen) atoms. The second-order valence-corrected chi connectivity index (χ2v) is 8.37. The summed E-state index contributed by atoms with van der Waals surface area (Å²) in [5.74, 6) is 1.68. The molecule has 0 aromatic rings. The van der Waals surface area contributed by atoms with Gasteiger partial charge in [-0.2, -0.15) is 0 Å². The number of hydrogen-bond donors (Lipinski definition) is 1. The zero-order valence-electron chi connectivity index (χ0n) is 15.7. The van der Waals surface area contributed by atoms with Gasteiger partial charge in [0, 0.05) is 44.1 Å². The SMILES string of the molecule is CN=C(NC1C2CCOC2C12CCCC2)N1CC(C)C(C(=O)OC)C1. The van der Waals surface area contributed by atoms with E-state index in [4.69, 9.17) is 9.47 Å². The van der Waals surface area contributed by atoms with Gasteiger partial charge >= 0.3 is 5.97 Å². The Morgan fingerprint density at radius 3 is 2.76 bits per heavy atom. The van der Waals surface area contributed by atoms with Gasteiger partial charge in [0.1, 0.15) is 0 Å². The van der Waals surface area contributed by atoms with Crippen LogP contribution < -0.4 is 5.32 Å². The number of methoxy groups -OCH3 is 1. The lowest BCUT2D eigenvalue weighted by Gasteiger charge is -2.57. The molecule has 4 aliphatic rings. The summed E-state index contributed by atoms with van der Waals surface area (Å²) in [7, 11) is 3.32. The highest BCUT2D eigenvalue weighted by Gasteiger charge is 2.65. The Morgan fingerprint density at radius 1 is 1.32 bits per heavy atom. The summed E-state index contributed by atoms with van der Waals surface area (Å²) in [5, 5.41) is 3.79. The van der Waals surface area contributed by atoms with E-state index in [0.29, 0.717) is 30.0 Å². The minimum atomic E-state index is -0.106. The Morgan fingerprint density at radius 2 is 2.08 bits per heavy atom. The molecular weight excluding hydrogens is 318 g/mol. The molecule has 0 bridgehead atoms. The summed E-state index contributed by atoms with van der Waals surface area (Å²) in [6, 6.07) is 0.466. The average Bonchev–Trinajstić information content (AvgIpc) is 3.33. The predicted octanol–water partition coefficient (Wildman–Crippen LogP) is 1.65. The number of rotatable bonds is 2. The molecule has 1 spiro atoms. The van der Waals surface area contributed by atoms with Gasteiger partial charge in [-0.15, -0.1) is 0 Å². The van der Waals surface area contributed by atoms with Crippen LogP contribution in [0.25, 0.3) is 0 Å². The Hall–Kier alpha value is -1.30. The van der Waals surface area contributed by atoms with Gasteiger partial charge in [-0.25, -0.2) is 0 Å². The van der Waals surface area contributed by atoms with Crippen LogP contribution in [0.4, 0.5) is 0 Å². The van der Waals surface area contributed by atoms with Crippen molar-refractivity contribution in [3.05, 3.63) is 0 Å². The van der Waals surface area contributed by atoms with Crippen molar-refractivity contribution in [1.29, 1.82) is 0 Å². The molecule has 6 nitrogen and oxygen atoms in total. The second-order valence-electron chi connectivity index (χ2n) is 8.37. The lowest BCUT2D eigenvalue weighted by Crippen LogP contribution is -2.69. The summed E-state index contributed by atoms with van der Waals surface area (Å²) in [4.78, 5) is 18.8. The van der Waals surface area contributed by atoms with E-state index in [0.717, 1.165) is 25.5 Å². The summed E-state index contributed by atoms with van der Waals surface area (Å²) in [5.41, 5.74) is 0.310. The van der Waals surface area contributed by atoms with Crippen LogP contribution in [0.1, 0.15) is 39.0 Å². The third-order valence-electron chi connectivity index (χ3n) is 7.20. The van der Waals surface area contributed by atoms with Gasteiger partial charge in [-0.1, -0.05) is 19.8 Å². The van der Waals surface area contributed by atoms with E-state index in [1.54, 1.807) is 0 Å². The summed E-state index contributed by atoms with van der Waals surface area (Å²) < 4.78 is 11.1. The van der Waals surface area contributed by atoms with Gasteiger partial charge in [-0.05, 0) is 25.2 Å². The number of nitrogens with one attached hydrogen (secondary N) is 1. The van der Waals surface area contributed by atoms with Gasteiger partial charge in [-0.3, -0.25) is 9.79 Å². The largest absolute Gasteiger partial charge is 0.469 e. The molecule has 2 aliphatic carbocycles. The third kappa shape index (κ3) is 2.56. The molecule has 0 radical (unpaired) electrons. The maximum absolute atomic E-state index is 12.0. The van der Waals surface area contributed by atoms with Gasteiger partial charge < -0.3 is 19.7 Å². The van der Waals surface area contributed by atoms with Crippen molar-refractivity contribution < 1.29 is 14.3 Å². The van der Waals surface area contributed by atoms with Crippen LogP contribution in [0.15, 0.2) is 4.99 Å². The molecule has 140 valence electrons. The van der Waals surface area contributed by atoms with Gasteiger partial charge in [0.2, 0.25) is 0 Å². The van der Waals surface area contributed by atoms with E-state index in [9.17, 15) is 4.79 Å². The number of fused-ring (bicyclic) bond motifs is 2. The van der Waals surface area contributed by atoms with Crippen molar-refractivity contribution in [1.82, 2.24) is 10.2 Å². The average molecular weight is 349 g/mol. The first-order valence-corrected chi connectivity index (χ1v) is 9.78. The highest BCUT2D eigenvalue weighted by molar-refractivity contribution is 5.82. The number of hydrogen-bond acceptors (Lipinski definition) is 4. The van der Waals surface area contributed by atoms with Crippen LogP contribution in [0, 0.1) is 23.2 Å². The number of esters is 1. The molecule has 0 aromatic carbocycles. The number of guanidine groups is 1. The first-order chi connectivity index (χ1) is 12.1. The maximum Gasteiger partial charge on any atom is 0.310 e. The minimum Gasteiger partial charge on any atom is -0.469 e. The molecular formula is C19H31N3O3. The molecule has 0 amide bonds. The number of aliphatic imine (C=N–C) groups is 1. The molecule has 1 N–H and O–H groups in total. The van der Waals surface area contributed by atoms with Gasteiger partial charge in [0.25, 0.3) is 0 Å². The molecule has 5 atom stereocenters. The number of carbonyl (C=O) groups is 1. The first kappa shape index (κ1) is 17.1. The Bertz CT molecular complexity index is 558. The summed E-state index contributed by atoms with van der Waals surface area (Å²) in [6.07, 6.45) is 6.77. The molecule has 2 aliphatic heterocycles. The van der Waals surface area contributed by atoms with E-state index < -0.39 is 0 Å². The van der Waals surface area contributed by atoms with Crippen molar-refractivity contribution >= 4 is 11.9 Å². The maximum atomic E-state index is 12.0. The summed E-state index contributed by atoms with van der Waals surface area (Å²) in [6.45, 7) is 4.57. The fourth-order valence-electron chi connectivity index (χ4n) is 5.94. The van der Waals surface area contributed by atoms with Crippen molar-refractivity contribution in [3.63, 3.8) is 0 Å². The molecule has 2 heterocycles. The minimum absolute atomic E-state index is 0.0621. The molecule has 4 fully saturated rings. The second kappa shape index (κ2) is 6.45. The number of nitrogens with zero attached hydrogens (tertiary/aromatic N) is 2. The molecule has 0 aromatic heterocycles. The van der Waals surface area contributed by atoms with E-state index in [1.807, 2.05) is 7.05 Å². The number of ether oxygens (including phenoxy) is 2. The van der Waals surface area contributed by atoms with Crippen LogP contribution >= 0.6 is 0 Å². The Balaban J connectivity index is 1.47. The molecule has 6 heteroatoms. The monoisotopic (exact) mass is 349 g/mol. The van der Waals surface area contributed by atoms with Crippen LogP contribution in [-0.4, -0.2) is 62.8 Å². The number of likely N-dealkylation sites (tertiary alicyclic amines) is 1.